The van der Waals surface area contributed by atoms with E-state index in [1.165, 1.54) is 24.0 Å². The van der Waals surface area contributed by atoms with Gasteiger partial charge in [0.05, 0.1) is 0 Å². The van der Waals surface area contributed by atoms with Gasteiger partial charge < -0.3 is 11.1 Å². The summed E-state index contributed by atoms with van der Waals surface area (Å²) in [5.41, 5.74) is 8.75. The molecule has 2 heteroatoms. The van der Waals surface area contributed by atoms with Crippen LogP contribution in [0, 0.1) is 12.8 Å². The molecule has 0 radical (unpaired) electrons. The molecule has 0 heterocycles. The van der Waals surface area contributed by atoms with Crippen LogP contribution in [0.15, 0.2) is 24.3 Å². The van der Waals surface area contributed by atoms with Crippen molar-refractivity contribution in [3.8, 4) is 0 Å². The Labute approximate surface area is 111 Å². The molecule has 2 nitrogen and oxygen atoms in total. The molecule has 2 rings (SSSR count). The summed E-state index contributed by atoms with van der Waals surface area (Å²) in [7, 11) is 0. The maximum absolute atomic E-state index is 5.81. The molecule has 0 bridgehead atoms. The van der Waals surface area contributed by atoms with Gasteiger partial charge in [-0.1, -0.05) is 43.7 Å². The number of benzene rings is 1. The number of hydrogen-bond donors (Lipinski definition) is 2. The summed E-state index contributed by atoms with van der Waals surface area (Å²) in [5.74, 6) is 0.799. The fourth-order valence-electron chi connectivity index (χ4n) is 2.71. The van der Waals surface area contributed by atoms with Gasteiger partial charge in [0.25, 0.3) is 0 Å². The van der Waals surface area contributed by atoms with Crippen molar-refractivity contribution in [3.63, 3.8) is 0 Å². The third-order valence-corrected chi connectivity index (χ3v) is 4.07. The highest BCUT2D eigenvalue weighted by Gasteiger charge is 2.26. The lowest BCUT2D eigenvalue weighted by atomic mass is 9.80. The van der Waals surface area contributed by atoms with Crippen molar-refractivity contribution in [3.05, 3.63) is 35.4 Å². The lowest BCUT2D eigenvalue weighted by Crippen LogP contribution is -2.43. The second kappa shape index (κ2) is 5.41. The molecule has 100 valence electrons. The number of nitrogens with one attached hydrogen (secondary N) is 1. The zero-order valence-corrected chi connectivity index (χ0v) is 11.9. The highest BCUT2D eigenvalue weighted by Crippen LogP contribution is 2.26. The molecular weight excluding hydrogens is 220 g/mol. The molecule has 3 N–H and O–H groups in total. The maximum atomic E-state index is 5.81. The Morgan fingerprint density at radius 2 is 2.06 bits per heavy atom. The molecule has 1 fully saturated rings. The summed E-state index contributed by atoms with van der Waals surface area (Å²) in [6, 6.07) is 9.29. The molecular formula is C16H26N2. The average molecular weight is 246 g/mol. The SMILES string of the molecule is Cc1cccc(C(C)(C)CNCC2CC(N)C2)c1. The van der Waals surface area contributed by atoms with Gasteiger partial charge >= 0.3 is 0 Å². The van der Waals surface area contributed by atoms with Crippen molar-refractivity contribution in [1.29, 1.82) is 0 Å². The second-order valence-electron chi connectivity index (χ2n) is 6.48. The summed E-state index contributed by atoms with van der Waals surface area (Å²) in [6.07, 6.45) is 2.38. The van der Waals surface area contributed by atoms with Gasteiger partial charge in [-0.15, -0.1) is 0 Å². The third-order valence-electron chi connectivity index (χ3n) is 4.07. The minimum atomic E-state index is 0.192. The van der Waals surface area contributed by atoms with Gasteiger partial charge in [-0.2, -0.15) is 0 Å². The number of rotatable bonds is 5. The summed E-state index contributed by atoms with van der Waals surface area (Å²) < 4.78 is 0. The first-order valence-electron chi connectivity index (χ1n) is 7.01. The van der Waals surface area contributed by atoms with Crippen molar-refractivity contribution >= 4 is 0 Å². The summed E-state index contributed by atoms with van der Waals surface area (Å²) >= 11 is 0. The average Bonchev–Trinajstić information content (AvgIpc) is 2.26. The van der Waals surface area contributed by atoms with Gasteiger partial charge in [-0.25, -0.2) is 0 Å². The van der Waals surface area contributed by atoms with E-state index in [2.05, 4.69) is 50.4 Å². The van der Waals surface area contributed by atoms with Crippen LogP contribution in [0.2, 0.25) is 0 Å². The first kappa shape index (κ1) is 13.6. The lowest BCUT2D eigenvalue weighted by molar-refractivity contribution is 0.251. The van der Waals surface area contributed by atoms with Crippen LogP contribution in [-0.2, 0) is 5.41 Å². The standard InChI is InChI=1S/C16H26N2/c1-12-5-4-6-14(7-12)16(2,3)11-18-10-13-8-15(17)9-13/h4-7,13,15,18H,8-11,17H2,1-3H3. The Morgan fingerprint density at radius 1 is 1.33 bits per heavy atom. The van der Waals surface area contributed by atoms with E-state index in [1.807, 2.05) is 0 Å². The minimum Gasteiger partial charge on any atom is -0.328 e. The molecule has 1 saturated carbocycles. The van der Waals surface area contributed by atoms with E-state index in [0.29, 0.717) is 6.04 Å². The molecule has 1 aromatic carbocycles. The van der Waals surface area contributed by atoms with E-state index in [9.17, 15) is 0 Å². The largest absolute Gasteiger partial charge is 0.328 e. The van der Waals surface area contributed by atoms with Crippen LogP contribution in [0.1, 0.15) is 37.8 Å². The van der Waals surface area contributed by atoms with Crippen LogP contribution < -0.4 is 11.1 Å². The van der Waals surface area contributed by atoms with Crippen LogP contribution in [0.5, 0.6) is 0 Å². The first-order chi connectivity index (χ1) is 8.47. The van der Waals surface area contributed by atoms with Crippen molar-refractivity contribution in [2.75, 3.05) is 13.1 Å². The smallest absolute Gasteiger partial charge is 0.00450 e. The summed E-state index contributed by atoms with van der Waals surface area (Å²) in [4.78, 5) is 0. The molecule has 0 amide bonds. The van der Waals surface area contributed by atoms with E-state index in [-0.39, 0.29) is 5.41 Å². The van der Waals surface area contributed by atoms with Crippen LogP contribution in [0.25, 0.3) is 0 Å². The van der Waals surface area contributed by atoms with Crippen LogP contribution in [0.3, 0.4) is 0 Å². The second-order valence-corrected chi connectivity index (χ2v) is 6.48. The normalized spacial score (nSPS) is 23.8. The molecule has 0 aromatic heterocycles. The predicted molar refractivity (Wildman–Crippen MR) is 77.8 cm³/mol. The highest BCUT2D eigenvalue weighted by molar-refractivity contribution is 5.28. The Bertz CT molecular complexity index is 392. The van der Waals surface area contributed by atoms with Gasteiger partial charge in [0.1, 0.15) is 0 Å². The van der Waals surface area contributed by atoms with E-state index in [1.54, 1.807) is 0 Å². The topological polar surface area (TPSA) is 38.0 Å². The Hall–Kier alpha value is -0.860. The van der Waals surface area contributed by atoms with E-state index in [0.717, 1.165) is 19.0 Å². The zero-order chi connectivity index (χ0) is 13.2. The van der Waals surface area contributed by atoms with Gasteiger partial charge in [-0.05, 0) is 37.8 Å². The minimum absolute atomic E-state index is 0.192. The van der Waals surface area contributed by atoms with Crippen molar-refractivity contribution in [2.45, 2.75) is 45.1 Å². The highest BCUT2D eigenvalue weighted by atomic mass is 14.9. The molecule has 0 saturated heterocycles. The van der Waals surface area contributed by atoms with E-state index in [4.69, 9.17) is 5.73 Å². The van der Waals surface area contributed by atoms with Crippen LogP contribution in [-0.4, -0.2) is 19.1 Å². The monoisotopic (exact) mass is 246 g/mol. The number of nitrogens with two attached hydrogens (primary N) is 1. The molecule has 0 unspecified atom stereocenters. The molecule has 0 aliphatic heterocycles. The molecule has 0 atom stereocenters. The number of aryl methyl sites for hydroxylation is 1. The van der Waals surface area contributed by atoms with Crippen molar-refractivity contribution in [2.24, 2.45) is 11.7 Å². The predicted octanol–water partition coefficient (Wildman–Crippen LogP) is 2.60. The van der Waals surface area contributed by atoms with Crippen LogP contribution in [0.4, 0.5) is 0 Å². The molecule has 1 aliphatic rings. The number of hydrogen-bond acceptors (Lipinski definition) is 2. The Morgan fingerprint density at radius 3 is 2.67 bits per heavy atom. The zero-order valence-electron chi connectivity index (χ0n) is 11.9. The Balaban J connectivity index is 1.83. The fourth-order valence-corrected chi connectivity index (χ4v) is 2.71. The molecule has 0 spiro atoms. The van der Waals surface area contributed by atoms with Crippen molar-refractivity contribution in [1.82, 2.24) is 5.32 Å². The third kappa shape index (κ3) is 3.33. The first-order valence-corrected chi connectivity index (χ1v) is 7.01. The quantitative estimate of drug-likeness (QED) is 0.838. The molecule has 1 aliphatic carbocycles. The Kier molecular flexibility index (Phi) is 4.08. The summed E-state index contributed by atoms with van der Waals surface area (Å²) in [5, 5.41) is 3.61. The fraction of sp³-hybridized carbons (Fsp3) is 0.625. The van der Waals surface area contributed by atoms with Gasteiger partial charge in [0, 0.05) is 18.0 Å². The summed E-state index contributed by atoms with van der Waals surface area (Å²) in [6.45, 7) is 8.91. The van der Waals surface area contributed by atoms with Gasteiger partial charge in [-0.3, -0.25) is 0 Å². The van der Waals surface area contributed by atoms with Crippen molar-refractivity contribution < 1.29 is 0 Å². The van der Waals surface area contributed by atoms with Gasteiger partial charge in [0.2, 0.25) is 0 Å². The maximum Gasteiger partial charge on any atom is 0.00450 e. The lowest BCUT2D eigenvalue weighted by Gasteiger charge is -2.34. The van der Waals surface area contributed by atoms with Crippen LogP contribution >= 0.6 is 0 Å². The molecule has 18 heavy (non-hydrogen) atoms. The molecule has 1 aromatic rings. The van der Waals surface area contributed by atoms with E-state index >= 15 is 0 Å². The van der Waals surface area contributed by atoms with Gasteiger partial charge in [0.15, 0.2) is 0 Å². The van der Waals surface area contributed by atoms with E-state index < -0.39 is 0 Å².